The summed E-state index contributed by atoms with van der Waals surface area (Å²) in [5.74, 6) is 0. The van der Waals surface area contributed by atoms with Crippen molar-refractivity contribution in [2.75, 3.05) is 0 Å². The lowest BCUT2D eigenvalue weighted by Crippen LogP contribution is -2.02. The molecule has 0 radical (unpaired) electrons. The van der Waals surface area contributed by atoms with Crippen molar-refractivity contribution in [3.05, 3.63) is 246 Å². The van der Waals surface area contributed by atoms with E-state index >= 15 is 0 Å². The molecule has 12 aromatic rings. The monoisotopic (exact) mass is 914 g/mol. The lowest BCUT2D eigenvalue weighted by atomic mass is 9.97. The van der Waals surface area contributed by atoms with E-state index in [2.05, 4.69) is 97.7 Å². The second kappa shape index (κ2) is 17.4. The second-order valence-corrected chi connectivity index (χ2v) is 17.4. The summed E-state index contributed by atoms with van der Waals surface area (Å²) in [6.45, 7) is 15.9. The van der Waals surface area contributed by atoms with E-state index in [9.17, 15) is 15.8 Å². The Bertz CT molecular complexity index is 4250. The van der Waals surface area contributed by atoms with E-state index in [1.807, 2.05) is 140 Å². The van der Waals surface area contributed by atoms with Crippen molar-refractivity contribution in [1.29, 1.82) is 15.8 Å². The zero-order valence-electron chi connectivity index (χ0n) is 38.2. The summed E-state index contributed by atoms with van der Waals surface area (Å²) >= 11 is 0. The molecule has 0 fully saturated rings. The summed E-state index contributed by atoms with van der Waals surface area (Å²) in [5, 5.41) is 34.6. The Morgan fingerprint density at radius 3 is 1.22 bits per heavy atom. The predicted octanol–water partition coefficient (Wildman–Crippen LogP) is 16.3. The molecular weight excluding hydrogens is 881 g/mol. The highest BCUT2D eigenvalue weighted by Gasteiger charge is 2.23. The van der Waals surface area contributed by atoms with Crippen LogP contribution >= 0.6 is 0 Å². The van der Waals surface area contributed by atoms with Gasteiger partial charge in [-0.3, -0.25) is 4.98 Å². The molecule has 0 bridgehead atoms. The Morgan fingerprint density at radius 1 is 0.375 bits per heavy atom. The van der Waals surface area contributed by atoms with Crippen LogP contribution in [0.3, 0.4) is 0 Å². The molecule has 0 amide bonds. The summed E-state index contributed by atoms with van der Waals surface area (Å²) in [4.78, 5) is 12.5. The molecule has 0 atom stereocenters. The third-order valence-corrected chi connectivity index (χ3v) is 13.6. The number of benzene rings is 9. The van der Waals surface area contributed by atoms with Gasteiger partial charge in [-0.2, -0.15) is 15.8 Å². The average molecular weight is 915 g/mol. The van der Waals surface area contributed by atoms with Gasteiger partial charge in [0.15, 0.2) is 11.4 Å². The molecule has 330 valence electrons. The van der Waals surface area contributed by atoms with Crippen molar-refractivity contribution in [2.24, 2.45) is 0 Å². The van der Waals surface area contributed by atoms with Crippen molar-refractivity contribution >= 4 is 55.0 Å². The molecule has 8 nitrogen and oxygen atoms in total. The van der Waals surface area contributed by atoms with Gasteiger partial charge in [-0.05, 0) is 123 Å². The van der Waals surface area contributed by atoms with Gasteiger partial charge in [0.1, 0.15) is 0 Å². The molecule has 8 heteroatoms. The Hall–Kier alpha value is -10.8. The molecule has 0 aliphatic rings. The van der Waals surface area contributed by atoms with Gasteiger partial charge in [0.25, 0.3) is 0 Å². The fourth-order valence-electron chi connectivity index (χ4n) is 10.3. The molecule has 72 heavy (non-hydrogen) atoms. The van der Waals surface area contributed by atoms with Crippen LogP contribution in [-0.2, 0) is 0 Å². The third kappa shape index (κ3) is 6.84. The van der Waals surface area contributed by atoms with Crippen molar-refractivity contribution in [2.45, 2.75) is 0 Å². The number of pyridine rings is 1. The van der Waals surface area contributed by atoms with E-state index in [1.54, 1.807) is 6.20 Å². The molecule has 0 unspecified atom stereocenters. The minimum absolute atomic E-state index is 0.482. The molecule has 3 heterocycles. The number of hydrogen-bond acceptors (Lipinski definition) is 4. The van der Waals surface area contributed by atoms with Crippen LogP contribution in [0.4, 0.5) is 11.4 Å². The maximum Gasteiger partial charge on any atom is 0.194 e. The van der Waals surface area contributed by atoms with Gasteiger partial charge in [0, 0.05) is 38.9 Å². The number of para-hydroxylation sites is 2. The van der Waals surface area contributed by atoms with Crippen LogP contribution in [0.25, 0.3) is 120 Å². The van der Waals surface area contributed by atoms with E-state index in [1.165, 1.54) is 0 Å². The number of hydrogen-bond donors (Lipinski definition) is 0. The van der Waals surface area contributed by atoms with Gasteiger partial charge < -0.3 is 9.13 Å². The van der Waals surface area contributed by atoms with Gasteiger partial charge >= 0.3 is 0 Å². The number of rotatable bonds is 7. The van der Waals surface area contributed by atoms with E-state index in [4.69, 9.17) is 18.1 Å². The minimum Gasteiger partial charge on any atom is -0.309 e. The average Bonchev–Trinajstić information content (AvgIpc) is 3.95. The van der Waals surface area contributed by atoms with Gasteiger partial charge in [-0.1, -0.05) is 115 Å². The van der Waals surface area contributed by atoms with Crippen LogP contribution in [0, 0.1) is 47.1 Å². The van der Waals surface area contributed by atoms with Gasteiger partial charge in [-0.25, -0.2) is 9.69 Å². The number of aromatic nitrogens is 3. The highest BCUT2D eigenvalue weighted by Crippen LogP contribution is 2.45. The van der Waals surface area contributed by atoms with Crippen LogP contribution in [0.5, 0.6) is 0 Å². The zero-order valence-corrected chi connectivity index (χ0v) is 38.2. The van der Waals surface area contributed by atoms with Gasteiger partial charge in [-0.15, -0.1) is 0 Å². The molecule has 9 aromatic carbocycles. The molecule has 12 rings (SSSR count). The standard InChI is InChI=1S/C64H34N8/c1-68-57-17-9-7-15-49(57)43-22-27-60-55(34-43)53-32-41(47-13-5-3-11-45(47)37-66)20-25-59(53)71(60)63-31-40(36-65)19-24-51(63)52-29-30-70-39-64(52)72-61-26-21-42(48-14-6-4-12-46(48)38-67)33-54(61)56-35-44(23-28-62(56)72)50-16-8-10-18-58(50)69-2/h3-35,39H. The van der Waals surface area contributed by atoms with Crippen molar-refractivity contribution in [1.82, 2.24) is 14.1 Å². The fourth-order valence-corrected chi connectivity index (χ4v) is 10.3. The normalized spacial score (nSPS) is 11.0. The van der Waals surface area contributed by atoms with Crippen LogP contribution in [0.1, 0.15) is 16.7 Å². The largest absolute Gasteiger partial charge is 0.309 e. The number of nitriles is 3. The van der Waals surface area contributed by atoms with Crippen molar-refractivity contribution in [3.8, 4) is 85.2 Å². The second-order valence-electron chi connectivity index (χ2n) is 17.4. The van der Waals surface area contributed by atoms with Gasteiger partial charge in [0.05, 0.1) is 87.7 Å². The Labute approximate surface area is 414 Å². The quantitative estimate of drug-likeness (QED) is 0.149. The van der Waals surface area contributed by atoms with Gasteiger partial charge in [0.2, 0.25) is 0 Å². The zero-order chi connectivity index (χ0) is 48.9. The predicted molar refractivity (Wildman–Crippen MR) is 287 cm³/mol. The fraction of sp³-hybridized carbons (Fsp3) is 0. The molecule has 0 aliphatic carbocycles. The molecular formula is C64H34N8. The van der Waals surface area contributed by atoms with Crippen LogP contribution in [0.2, 0.25) is 0 Å². The Kier molecular flexibility index (Phi) is 10.3. The molecule has 0 saturated carbocycles. The first kappa shape index (κ1) is 42.5. The minimum atomic E-state index is 0.482. The van der Waals surface area contributed by atoms with Crippen LogP contribution < -0.4 is 0 Å². The summed E-state index contributed by atoms with van der Waals surface area (Å²) in [6, 6.07) is 70.5. The highest BCUT2D eigenvalue weighted by molar-refractivity contribution is 6.14. The molecule has 0 spiro atoms. The Balaban J connectivity index is 1.13. The van der Waals surface area contributed by atoms with Crippen molar-refractivity contribution < 1.29 is 0 Å². The topological polar surface area (TPSA) is 103 Å². The molecule has 0 N–H and O–H groups in total. The van der Waals surface area contributed by atoms with E-state index in [-0.39, 0.29) is 0 Å². The summed E-state index contributed by atoms with van der Waals surface area (Å²) in [7, 11) is 0. The molecule has 3 aromatic heterocycles. The third-order valence-electron chi connectivity index (χ3n) is 13.6. The van der Waals surface area contributed by atoms with E-state index < -0.39 is 0 Å². The summed E-state index contributed by atoms with van der Waals surface area (Å²) in [6.07, 6.45) is 3.67. The maximum atomic E-state index is 10.5. The lowest BCUT2D eigenvalue weighted by Gasteiger charge is -2.19. The van der Waals surface area contributed by atoms with Crippen molar-refractivity contribution in [3.63, 3.8) is 0 Å². The maximum absolute atomic E-state index is 10.5. The van der Waals surface area contributed by atoms with E-state index in [0.717, 1.165) is 111 Å². The Morgan fingerprint density at radius 2 is 0.778 bits per heavy atom. The molecule has 0 aliphatic heterocycles. The van der Waals surface area contributed by atoms with Crippen LogP contribution in [0.15, 0.2) is 207 Å². The van der Waals surface area contributed by atoms with Crippen LogP contribution in [-0.4, -0.2) is 14.1 Å². The molecule has 0 saturated heterocycles. The van der Waals surface area contributed by atoms with E-state index in [0.29, 0.717) is 28.1 Å². The lowest BCUT2D eigenvalue weighted by molar-refractivity contribution is 1.13. The highest BCUT2D eigenvalue weighted by atomic mass is 15.0. The first-order chi connectivity index (χ1) is 35.5. The summed E-state index contributed by atoms with van der Waals surface area (Å²) in [5.41, 5.74) is 16.5. The SMILES string of the molecule is [C-]#[N+]c1ccccc1-c1ccc2c(c1)c1cc(-c3ccccc3C#N)ccc1n2-c1cnccc1-c1ccc(C#N)cc1-n1c2ccc(-c3ccccc3C#N)cc2c2cc(-c3ccccc3[N+]#[C-])ccc21. The first-order valence-electron chi connectivity index (χ1n) is 23.1. The number of fused-ring (bicyclic) bond motifs is 6. The summed E-state index contributed by atoms with van der Waals surface area (Å²) < 4.78 is 4.44. The smallest absolute Gasteiger partial charge is 0.194 e. The first-order valence-corrected chi connectivity index (χ1v) is 23.1. The number of nitrogens with zero attached hydrogens (tertiary/aromatic N) is 8.